The van der Waals surface area contributed by atoms with Crippen molar-refractivity contribution in [3.63, 3.8) is 0 Å². The van der Waals surface area contributed by atoms with Gasteiger partial charge in [-0.2, -0.15) is 0 Å². The van der Waals surface area contributed by atoms with Crippen LogP contribution in [0.4, 0.5) is 0 Å². The van der Waals surface area contributed by atoms with Gasteiger partial charge in [0.25, 0.3) is 0 Å². The lowest BCUT2D eigenvalue weighted by Crippen LogP contribution is -2.80. The number of hydrogen-bond acceptors (Lipinski definition) is 21. The van der Waals surface area contributed by atoms with Crippen LogP contribution < -0.4 is 0 Å². The number of carbonyl (C=O) groups is 1. The summed E-state index contributed by atoms with van der Waals surface area (Å²) in [6, 6.07) is 9.21. The second-order valence-electron chi connectivity index (χ2n) is 24.2. The molecule has 4 aliphatic carbocycles. The van der Waals surface area contributed by atoms with Gasteiger partial charge in [0, 0.05) is 71.5 Å². The molecule has 446 valence electrons. The van der Waals surface area contributed by atoms with Crippen LogP contribution >= 0.6 is 0 Å². The van der Waals surface area contributed by atoms with Gasteiger partial charge < -0.3 is 97.3 Å². The van der Waals surface area contributed by atoms with E-state index >= 15 is 0 Å². The molecule has 0 spiro atoms. The van der Waals surface area contributed by atoms with Crippen molar-refractivity contribution in [2.75, 3.05) is 28.4 Å². The Kier molecular flexibility index (Phi) is 18.1. The molecule has 0 aromatic heterocycles. The van der Waals surface area contributed by atoms with E-state index in [2.05, 4.69) is 0 Å². The van der Waals surface area contributed by atoms with E-state index in [0.717, 1.165) is 5.56 Å². The third kappa shape index (κ3) is 10.6. The summed E-state index contributed by atoms with van der Waals surface area (Å²) < 4.78 is 80.8. The summed E-state index contributed by atoms with van der Waals surface area (Å²) in [5, 5.41) is 83.6. The molecule has 7 N–H and O–H groups in total. The lowest BCUT2D eigenvalue weighted by atomic mass is 9.41. The zero-order valence-corrected chi connectivity index (χ0v) is 47.5. The smallest absolute Gasteiger partial charge is 0.331 e. The van der Waals surface area contributed by atoms with Crippen LogP contribution in [-0.2, 0) is 66.4 Å². The van der Waals surface area contributed by atoms with E-state index in [4.69, 9.17) is 61.6 Å². The van der Waals surface area contributed by atoms with Crippen LogP contribution in [0.15, 0.2) is 48.6 Å². The molecule has 4 aliphatic heterocycles. The molecule has 7 fully saturated rings. The summed E-state index contributed by atoms with van der Waals surface area (Å²) in [6.07, 6.45) is -7.51. The molecule has 0 bridgehead atoms. The van der Waals surface area contributed by atoms with Gasteiger partial charge >= 0.3 is 5.97 Å². The normalized spacial score (nSPS) is 50.4. The summed E-state index contributed by atoms with van der Waals surface area (Å²) in [4.78, 5) is 13.7. The van der Waals surface area contributed by atoms with Crippen molar-refractivity contribution in [3.05, 3.63) is 54.1 Å². The maximum atomic E-state index is 13.7. The Morgan fingerprint density at radius 2 is 1.20 bits per heavy atom. The first-order valence-corrected chi connectivity index (χ1v) is 28.3. The maximum Gasteiger partial charge on any atom is 0.331 e. The summed E-state index contributed by atoms with van der Waals surface area (Å²) in [5.41, 5.74) is -9.63. The van der Waals surface area contributed by atoms with Crippen molar-refractivity contribution >= 4 is 12.0 Å². The minimum absolute atomic E-state index is 0.0282. The Balaban J connectivity index is 0.821. The summed E-state index contributed by atoms with van der Waals surface area (Å²) in [7, 11) is 6.18. The highest BCUT2D eigenvalue weighted by Crippen LogP contribution is 2.71. The number of carbonyl (C=O) groups excluding carboxylic acids is 1. The van der Waals surface area contributed by atoms with Gasteiger partial charge in [0.15, 0.2) is 25.2 Å². The highest BCUT2D eigenvalue weighted by molar-refractivity contribution is 5.87. The van der Waals surface area contributed by atoms with Crippen molar-refractivity contribution in [1.82, 2.24) is 0 Å². The Hall–Kier alpha value is -2.59. The standard InChI is InChI=1S/C58H88O21/c1-30-46(61)51(70-11)47(62)52(74-30)79-50-33(4)73-45(27-39(50)69-10)78-49-32(3)72-44(26-38(49)68-9)77-48-31(2)71-43(25-37(48)67-8)75-36-19-20-53(6)40-28-41(76-42(60)18-17-35-15-13-12-14-16-35)54(7)56(64,34(5)59)23-24-58(54,66)57(40,65)22-21-55(53,63)29-36/h12-18,21-22,30-34,36-41,43-52,59,61-66H,19-20,23-29H2,1-11H3/t30-,31-,32-,33-,34+,36+,37+,38+,39-,40-,41-,43+,44+,45+,46-,47-,48-,49-,50-,51+,52+,53-,54-,55-,56-,57+,58-/m1/s1. The van der Waals surface area contributed by atoms with Crippen molar-refractivity contribution in [1.29, 1.82) is 0 Å². The van der Waals surface area contributed by atoms with E-state index in [0.29, 0.717) is 25.7 Å². The van der Waals surface area contributed by atoms with Crippen LogP contribution in [-0.4, -0.2) is 215 Å². The number of methoxy groups -OCH3 is 4. The number of esters is 1. The van der Waals surface area contributed by atoms with E-state index in [1.54, 1.807) is 47.3 Å². The van der Waals surface area contributed by atoms with Crippen LogP contribution in [0, 0.1) is 16.7 Å². The van der Waals surface area contributed by atoms with E-state index < -0.39 is 168 Å². The van der Waals surface area contributed by atoms with Gasteiger partial charge in [-0.05, 0) is 78.4 Å². The fraction of sp³-hybridized carbons (Fsp3) is 0.810. The Labute approximate surface area is 463 Å². The Morgan fingerprint density at radius 3 is 1.73 bits per heavy atom. The molecule has 1 aromatic rings. The zero-order chi connectivity index (χ0) is 57.2. The quantitative estimate of drug-likeness (QED) is 0.0712. The average molecular weight is 1120 g/mol. The highest BCUT2D eigenvalue weighted by Gasteiger charge is 2.82. The van der Waals surface area contributed by atoms with Crippen LogP contribution in [0.5, 0.6) is 0 Å². The van der Waals surface area contributed by atoms with Crippen molar-refractivity contribution in [3.8, 4) is 0 Å². The van der Waals surface area contributed by atoms with Crippen molar-refractivity contribution in [2.45, 2.75) is 251 Å². The fourth-order valence-corrected chi connectivity index (χ4v) is 15.2. The molecule has 9 rings (SSSR count). The third-order valence-electron chi connectivity index (χ3n) is 20.0. The molecule has 21 heteroatoms. The van der Waals surface area contributed by atoms with Crippen LogP contribution in [0.25, 0.3) is 6.08 Å². The minimum atomic E-state index is -2.09. The number of hydrogen-bond donors (Lipinski definition) is 7. The van der Waals surface area contributed by atoms with Gasteiger partial charge in [-0.1, -0.05) is 56.3 Å². The lowest BCUT2D eigenvalue weighted by molar-refractivity contribution is -0.356. The van der Waals surface area contributed by atoms with Crippen molar-refractivity contribution in [2.24, 2.45) is 16.7 Å². The lowest BCUT2D eigenvalue weighted by Gasteiger charge is -2.68. The Bertz CT molecular complexity index is 2290. The van der Waals surface area contributed by atoms with E-state index in [-0.39, 0.29) is 32.1 Å². The van der Waals surface area contributed by atoms with Crippen LogP contribution in [0.3, 0.4) is 0 Å². The maximum absolute atomic E-state index is 13.7. The van der Waals surface area contributed by atoms with Gasteiger partial charge in [0.2, 0.25) is 0 Å². The first-order valence-electron chi connectivity index (χ1n) is 28.3. The zero-order valence-electron chi connectivity index (χ0n) is 47.5. The van der Waals surface area contributed by atoms with E-state index in [1.807, 2.05) is 58.0 Å². The molecule has 79 heavy (non-hydrogen) atoms. The van der Waals surface area contributed by atoms with Gasteiger partial charge in [-0.25, -0.2) is 4.79 Å². The second-order valence-corrected chi connectivity index (χ2v) is 24.2. The molecular formula is C58H88O21. The Morgan fingerprint density at radius 1 is 0.658 bits per heavy atom. The molecule has 1 aromatic carbocycles. The monoisotopic (exact) mass is 1120 g/mol. The van der Waals surface area contributed by atoms with Gasteiger partial charge in [-0.3, -0.25) is 0 Å². The van der Waals surface area contributed by atoms with Crippen LogP contribution in [0.2, 0.25) is 0 Å². The number of rotatable bonds is 16. The van der Waals surface area contributed by atoms with Crippen molar-refractivity contribution < 1.29 is 102 Å². The van der Waals surface area contributed by atoms with Crippen LogP contribution in [0.1, 0.15) is 112 Å². The molecule has 3 saturated carbocycles. The molecule has 21 nitrogen and oxygen atoms in total. The molecule has 4 heterocycles. The first kappa shape index (κ1) is 61.0. The topological polar surface area (TPSA) is 279 Å². The third-order valence-corrected chi connectivity index (χ3v) is 20.0. The predicted molar refractivity (Wildman–Crippen MR) is 279 cm³/mol. The number of benzene rings is 1. The first-order chi connectivity index (χ1) is 37.3. The number of fused-ring (bicyclic) bond motifs is 5. The molecular weight excluding hydrogens is 1030 g/mol. The number of ether oxygens (including phenoxy) is 13. The molecule has 27 atom stereocenters. The van der Waals surface area contributed by atoms with Gasteiger partial charge in [0.1, 0.15) is 59.5 Å². The predicted octanol–water partition coefficient (Wildman–Crippen LogP) is 2.97. The van der Waals surface area contributed by atoms with Gasteiger partial charge in [0.05, 0.1) is 66.0 Å². The molecule has 0 unspecified atom stereocenters. The molecule has 0 radical (unpaired) electrons. The fourth-order valence-electron chi connectivity index (χ4n) is 15.2. The van der Waals surface area contributed by atoms with Gasteiger partial charge in [-0.15, -0.1) is 0 Å². The summed E-state index contributed by atoms with van der Waals surface area (Å²) >= 11 is 0. The summed E-state index contributed by atoms with van der Waals surface area (Å²) in [6.45, 7) is 12.2. The average Bonchev–Trinajstić information content (AvgIpc) is 3.21. The summed E-state index contributed by atoms with van der Waals surface area (Å²) in [5.74, 6) is -1.58. The highest BCUT2D eigenvalue weighted by atomic mass is 16.8. The minimum Gasteiger partial charge on any atom is -0.458 e. The second kappa shape index (κ2) is 23.5. The number of aliphatic hydroxyl groups excluding tert-OH is 3. The van der Waals surface area contributed by atoms with E-state index in [1.165, 1.54) is 26.2 Å². The van der Waals surface area contributed by atoms with E-state index in [9.17, 15) is 40.5 Å². The molecule has 0 amide bonds. The number of aliphatic hydroxyl groups is 7. The largest absolute Gasteiger partial charge is 0.458 e. The molecule has 4 saturated heterocycles. The molecule has 8 aliphatic rings. The SMILES string of the molecule is CO[C@@H]1[C@@H](O)[C@H](O[C@@H]2[C@@H](C)O[C@@H](O[C@H]3[C@@H](OC)C[C@H](O[C@H]4[C@@H](OC)C[C@H](O[C@H]5CC[C@]6(C)[C@H]7C[C@@H](OC(=O)C=Cc8ccccc8)[C@@]8(C)[C@](O)(CC[C@@]8(O)[C@H](C)O)[C@]7(O)C=C[C@@]6(O)C5)O[C@@H]4C)O[C@@H]3C)C[C@H]2OC)O[C@H](C)[C@H]1O.